The van der Waals surface area contributed by atoms with Crippen molar-refractivity contribution in [2.24, 2.45) is 4.99 Å². The Kier molecular flexibility index (Phi) is 6.96. The fourth-order valence-corrected chi connectivity index (χ4v) is 3.98. The van der Waals surface area contributed by atoms with Gasteiger partial charge in [-0.2, -0.15) is 0 Å². The van der Waals surface area contributed by atoms with E-state index in [4.69, 9.17) is 9.73 Å². The number of benzene rings is 2. The number of aromatic nitrogens is 1. The van der Waals surface area contributed by atoms with Gasteiger partial charge in [-0.25, -0.2) is 14.8 Å². The summed E-state index contributed by atoms with van der Waals surface area (Å²) in [6.07, 6.45) is 1.64. The van der Waals surface area contributed by atoms with E-state index in [0.29, 0.717) is 18.9 Å². The first-order valence-corrected chi connectivity index (χ1v) is 11.7. The molecule has 0 radical (unpaired) electrons. The number of carbonyl (C=O) groups excluding carboxylic acids is 1. The van der Waals surface area contributed by atoms with Gasteiger partial charge in [0, 0.05) is 37.3 Å². The highest BCUT2D eigenvalue weighted by molar-refractivity contribution is 6.13. The number of aliphatic imine (C=N–C) groups is 1. The zero-order valence-electron chi connectivity index (χ0n) is 20.4. The van der Waals surface area contributed by atoms with Crippen molar-refractivity contribution in [3.63, 3.8) is 0 Å². The second kappa shape index (κ2) is 10.1. The Morgan fingerprint density at radius 1 is 0.912 bits per heavy atom. The third-order valence-electron chi connectivity index (χ3n) is 5.66. The second-order valence-corrected chi connectivity index (χ2v) is 9.48. The lowest BCUT2D eigenvalue weighted by Gasteiger charge is -2.37. The molecule has 176 valence electrons. The van der Waals surface area contributed by atoms with Crippen molar-refractivity contribution in [3.8, 4) is 0 Å². The van der Waals surface area contributed by atoms with Gasteiger partial charge in [-0.1, -0.05) is 60.7 Å². The van der Waals surface area contributed by atoms with Crippen molar-refractivity contribution in [1.29, 1.82) is 0 Å². The van der Waals surface area contributed by atoms with Crippen molar-refractivity contribution < 1.29 is 9.53 Å². The van der Waals surface area contributed by atoms with E-state index in [-0.39, 0.29) is 6.09 Å². The number of ether oxygens (including phenoxy) is 1. The minimum Gasteiger partial charge on any atom is -0.444 e. The molecular weight excluding hydrogens is 424 g/mol. The molecule has 6 nitrogen and oxygen atoms in total. The molecule has 1 amide bonds. The zero-order valence-corrected chi connectivity index (χ0v) is 20.4. The molecule has 4 rings (SSSR count). The van der Waals surface area contributed by atoms with E-state index in [9.17, 15) is 4.79 Å². The molecular formula is C28H32N4O2. The van der Waals surface area contributed by atoms with E-state index in [1.165, 1.54) is 0 Å². The molecule has 0 spiro atoms. The number of amides is 1. The molecule has 1 fully saturated rings. The summed E-state index contributed by atoms with van der Waals surface area (Å²) >= 11 is 0. The first kappa shape index (κ1) is 23.5. The topological polar surface area (TPSA) is 58.0 Å². The Labute approximate surface area is 201 Å². The van der Waals surface area contributed by atoms with Crippen LogP contribution in [0.1, 0.15) is 37.5 Å². The van der Waals surface area contributed by atoms with Gasteiger partial charge in [0.05, 0.1) is 17.6 Å². The third kappa shape index (κ3) is 5.81. The van der Waals surface area contributed by atoms with Crippen LogP contribution in [-0.2, 0) is 4.74 Å². The van der Waals surface area contributed by atoms with Crippen LogP contribution < -0.4 is 4.90 Å². The molecule has 3 aromatic rings. The van der Waals surface area contributed by atoms with Gasteiger partial charge in [0.1, 0.15) is 5.60 Å². The molecule has 0 unspecified atom stereocenters. The summed E-state index contributed by atoms with van der Waals surface area (Å²) in [4.78, 5) is 26.0. The predicted octanol–water partition coefficient (Wildman–Crippen LogP) is 5.62. The molecule has 0 N–H and O–H groups in total. The summed E-state index contributed by atoms with van der Waals surface area (Å²) in [6, 6.07) is 22.4. The number of anilines is 1. The average molecular weight is 457 g/mol. The lowest BCUT2D eigenvalue weighted by atomic mass is 10.0. The second-order valence-electron chi connectivity index (χ2n) is 9.48. The van der Waals surface area contributed by atoms with Gasteiger partial charge >= 0.3 is 6.09 Å². The molecule has 0 aliphatic carbocycles. The Bertz CT molecular complexity index is 1100. The first-order valence-electron chi connectivity index (χ1n) is 11.7. The SMILES string of the molecule is Cc1cc(N=C(c2ccccc2)c2ccccc2)ncc1N1CCN(C(=O)OC(C)(C)C)CC1. The summed E-state index contributed by atoms with van der Waals surface area (Å²) in [5.41, 5.74) is 4.70. The molecule has 1 aromatic heterocycles. The third-order valence-corrected chi connectivity index (χ3v) is 5.66. The number of aryl methyl sites for hydroxylation is 1. The molecule has 1 saturated heterocycles. The number of piperazine rings is 1. The van der Waals surface area contributed by atoms with Crippen molar-refractivity contribution >= 4 is 23.3 Å². The van der Waals surface area contributed by atoms with Crippen LogP contribution in [-0.4, -0.2) is 53.5 Å². The maximum Gasteiger partial charge on any atom is 0.410 e. The fraction of sp³-hybridized carbons (Fsp3) is 0.321. The lowest BCUT2D eigenvalue weighted by Crippen LogP contribution is -2.50. The molecule has 0 bridgehead atoms. The van der Waals surface area contributed by atoms with Gasteiger partial charge in [-0.05, 0) is 39.3 Å². The van der Waals surface area contributed by atoms with Gasteiger partial charge in [-0.3, -0.25) is 0 Å². The van der Waals surface area contributed by atoms with Crippen LogP contribution in [0.15, 0.2) is 77.9 Å². The summed E-state index contributed by atoms with van der Waals surface area (Å²) < 4.78 is 5.51. The van der Waals surface area contributed by atoms with Crippen molar-refractivity contribution in [2.45, 2.75) is 33.3 Å². The zero-order chi connectivity index (χ0) is 24.1. The molecule has 1 aliphatic rings. The molecule has 0 atom stereocenters. The Morgan fingerprint density at radius 2 is 1.47 bits per heavy atom. The largest absolute Gasteiger partial charge is 0.444 e. The monoisotopic (exact) mass is 456 g/mol. The van der Waals surface area contributed by atoms with E-state index in [2.05, 4.69) is 41.1 Å². The number of carbonyl (C=O) groups is 1. The van der Waals surface area contributed by atoms with Crippen LogP contribution in [0.2, 0.25) is 0 Å². The summed E-state index contributed by atoms with van der Waals surface area (Å²) in [6.45, 7) is 10.5. The van der Waals surface area contributed by atoms with E-state index in [0.717, 1.165) is 41.2 Å². The first-order chi connectivity index (χ1) is 16.3. The predicted molar refractivity (Wildman–Crippen MR) is 137 cm³/mol. The van der Waals surface area contributed by atoms with E-state index in [1.807, 2.05) is 69.4 Å². The number of hydrogen-bond acceptors (Lipinski definition) is 5. The van der Waals surface area contributed by atoms with Crippen LogP contribution in [0.4, 0.5) is 16.3 Å². The molecule has 6 heteroatoms. The van der Waals surface area contributed by atoms with Crippen LogP contribution in [0.3, 0.4) is 0 Å². The Hall–Kier alpha value is -3.67. The van der Waals surface area contributed by atoms with Gasteiger partial charge in [0.2, 0.25) is 0 Å². The van der Waals surface area contributed by atoms with Gasteiger partial charge in [0.15, 0.2) is 5.82 Å². The minimum absolute atomic E-state index is 0.249. The maximum absolute atomic E-state index is 12.4. The van der Waals surface area contributed by atoms with E-state index >= 15 is 0 Å². The van der Waals surface area contributed by atoms with Crippen molar-refractivity contribution in [2.75, 3.05) is 31.1 Å². The van der Waals surface area contributed by atoms with Crippen LogP contribution in [0.25, 0.3) is 0 Å². The Balaban J connectivity index is 1.52. The van der Waals surface area contributed by atoms with Crippen LogP contribution in [0.5, 0.6) is 0 Å². The number of hydrogen-bond donors (Lipinski definition) is 0. The Morgan fingerprint density at radius 3 is 1.97 bits per heavy atom. The highest BCUT2D eigenvalue weighted by Gasteiger charge is 2.26. The van der Waals surface area contributed by atoms with Crippen molar-refractivity contribution in [3.05, 3.63) is 89.6 Å². The molecule has 2 aromatic carbocycles. The highest BCUT2D eigenvalue weighted by Crippen LogP contribution is 2.25. The van der Waals surface area contributed by atoms with E-state index in [1.54, 1.807) is 4.90 Å². The fourth-order valence-electron chi connectivity index (χ4n) is 3.98. The quantitative estimate of drug-likeness (QED) is 0.479. The normalized spacial score (nSPS) is 14.0. The smallest absolute Gasteiger partial charge is 0.410 e. The van der Waals surface area contributed by atoms with Gasteiger partial charge in [0.25, 0.3) is 0 Å². The molecule has 34 heavy (non-hydrogen) atoms. The lowest BCUT2D eigenvalue weighted by molar-refractivity contribution is 0.0240. The maximum atomic E-state index is 12.4. The summed E-state index contributed by atoms with van der Waals surface area (Å²) in [7, 11) is 0. The highest BCUT2D eigenvalue weighted by atomic mass is 16.6. The molecule has 0 saturated carbocycles. The summed E-state index contributed by atoms with van der Waals surface area (Å²) in [5, 5.41) is 0. The van der Waals surface area contributed by atoms with Crippen molar-refractivity contribution in [1.82, 2.24) is 9.88 Å². The minimum atomic E-state index is -0.483. The summed E-state index contributed by atoms with van der Waals surface area (Å²) in [5.74, 6) is 0.677. The van der Waals surface area contributed by atoms with Crippen LogP contribution in [0, 0.1) is 6.92 Å². The standard InChI is InChI=1S/C28H32N4O2/c1-21-19-25(30-26(22-11-7-5-8-12-22)23-13-9-6-10-14-23)29-20-24(21)31-15-17-32(18-16-31)27(33)34-28(2,3)4/h5-14,19-20H,15-18H2,1-4H3. The van der Waals surface area contributed by atoms with Crippen LogP contribution >= 0.6 is 0 Å². The van der Waals surface area contributed by atoms with E-state index < -0.39 is 5.60 Å². The number of pyridine rings is 1. The van der Waals surface area contributed by atoms with Gasteiger partial charge < -0.3 is 14.5 Å². The number of nitrogens with zero attached hydrogens (tertiary/aromatic N) is 4. The molecule has 2 heterocycles. The molecule has 1 aliphatic heterocycles. The average Bonchev–Trinajstić information content (AvgIpc) is 2.83. The number of rotatable bonds is 4. The van der Waals surface area contributed by atoms with Gasteiger partial charge in [-0.15, -0.1) is 0 Å².